The van der Waals surface area contributed by atoms with Gasteiger partial charge in [-0.1, -0.05) is 62.6 Å². The van der Waals surface area contributed by atoms with E-state index in [2.05, 4.69) is 21.6 Å². The van der Waals surface area contributed by atoms with Crippen LogP contribution in [0, 0.1) is 0 Å². The highest BCUT2D eigenvalue weighted by molar-refractivity contribution is 5.69. The fourth-order valence-electron chi connectivity index (χ4n) is 3.29. The van der Waals surface area contributed by atoms with Gasteiger partial charge in [-0.3, -0.25) is 4.79 Å². The molecule has 0 radical (unpaired) electrons. The molecule has 2 rings (SSSR count). The van der Waals surface area contributed by atoms with Crippen molar-refractivity contribution >= 4 is 12.0 Å². The van der Waals surface area contributed by atoms with Crippen molar-refractivity contribution < 1.29 is 24.9 Å². The molecule has 0 saturated carbocycles. The molecule has 0 aliphatic heterocycles. The number of benzene rings is 1. The molecule has 4 N–H and O–H groups in total. The summed E-state index contributed by atoms with van der Waals surface area (Å²) >= 11 is 0. The number of nitrogens with zero attached hydrogens (tertiary/aromatic N) is 1. The van der Waals surface area contributed by atoms with E-state index in [0.717, 1.165) is 24.8 Å². The molecule has 0 fully saturated rings. The number of ether oxygens (including phenoxy) is 1. The van der Waals surface area contributed by atoms with Gasteiger partial charge in [-0.05, 0) is 25.3 Å². The van der Waals surface area contributed by atoms with Crippen LogP contribution in [0.5, 0.6) is 0 Å². The van der Waals surface area contributed by atoms with Crippen LogP contribution in [0.25, 0.3) is 17.5 Å². The highest BCUT2D eigenvalue weighted by Gasteiger charge is 2.19. The van der Waals surface area contributed by atoms with Crippen LogP contribution in [0.3, 0.4) is 0 Å². The first kappa shape index (κ1) is 24.8. The molecule has 7 heteroatoms. The highest BCUT2D eigenvalue weighted by Crippen LogP contribution is 2.26. The molecular weight excluding hydrogens is 396 g/mol. The van der Waals surface area contributed by atoms with Gasteiger partial charge in [0, 0.05) is 12.0 Å². The number of aliphatic hydroxyl groups excluding tert-OH is 3. The van der Waals surface area contributed by atoms with Crippen molar-refractivity contribution in [1.29, 1.82) is 0 Å². The van der Waals surface area contributed by atoms with Crippen LogP contribution < -0.4 is 0 Å². The number of H-pyrrole nitrogens is 1. The van der Waals surface area contributed by atoms with Crippen molar-refractivity contribution in [3.63, 3.8) is 0 Å². The molecule has 1 aromatic carbocycles. The first-order valence-electron chi connectivity index (χ1n) is 10.9. The number of aliphatic hydroxyl groups is 3. The molecule has 0 aliphatic carbocycles. The Morgan fingerprint density at radius 3 is 2.55 bits per heavy atom. The van der Waals surface area contributed by atoms with Crippen LogP contribution in [0.2, 0.25) is 0 Å². The molecule has 0 amide bonds. The van der Waals surface area contributed by atoms with E-state index < -0.39 is 18.3 Å². The van der Waals surface area contributed by atoms with Gasteiger partial charge >= 0.3 is 5.97 Å². The average Bonchev–Trinajstić information content (AvgIpc) is 3.22. The first-order valence-corrected chi connectivity index (χ1v) is 10.9. The summed E-state index contributed by atoms with van der Waals surface area (Å²) < 4.78 is 4.58. The maximum Gasteiger partial charge on any atom is 0.305 e. The molecule has 3 atom stereocenters. The minimum atomic E-state index is -1.11. The number of nitrogens with one attached hydrogen (secondary N) is 1. The molecule has 2 aromatic rings. The molecule has 0 bridgehead atoms. The Hall–Kier alpha value is -2.48. The molecule has 170 valence electrons. The van der Waals surface area contributed by atoms with E-state index in [0.29, 0.717) is 30.1 Å². The number of imidazole rings is 1. The number of hydrogen-bond acceptors (Lipinski definition) is 6. The molecule has 0 aliphatic rings. The van der Waals surface area contributed by atoms with Gasteiger partial charge in [0.1, 0.15) is 5.82 Å². The zero-order chi connectivity index (χ0) is 22.6. The van der Waals surface area contributed by atoms with Gasteiger partial charge in [0.25, 0.3) is 0 Å². The topological polar surface area (TPSA) is 116 Å². The Balaban J connectivity index is 2.12. The normalized spacial score (nSPS) is 14.5. The van der Waals surface area contributed by atoms with Gasteiger partial charge in [0.05, 0.1) is 36.8 Å². The third-order valence-electron chi connectivity index (χ3n) is 5.17. The van der Waals surface area contributed by atoms with Crippen LogP contribution in [0.4, 0.5) is 0 Å². The number of unbranched alkanes of at least 4 members (excludes halogenated alkanes) is 2. The average molecular weight is 431 g/mol. The van der Waals surface area contributed by atoms with E-state index in [1.807, 2.05) is 30.3 Å². The summed E-state index contributed by atoms with van der Waals surface area (Å²) in [6, 6.07) is 9.61. The van der Waals surface area contributed by atoms with E-state index >= 15 is 0 Å². The van der Waals surface area contributed by atoms with E-state index in [4.69, 9.17) is 0 Å². The molecule has 7 nitrogen and oxygen atoms in total. The van der Waals surface area contributed by atoms with Crippen LogP contribution in [-0.2, 0) is 9.53 Å². The SMILES string of the molecule is CCCCC[C@@H](O)c1nc(-c2ccccc2)[nH]c1/C=C/[C@@H](O)[C@@H](O)CCCC(=O)OC. The quantitative estimate of drug-likeness (QED) is 0.284. The summed E-state index contributed by atoms with van der Waals surface area (Å²) in [5, 5.41) is 31.1. The molecule has 1 heterocycles. The smallest absolute Gasteiger partial charge is 0.305 e. The lowest BCUT2D eigenvalue weighted by atomic mass is 10.0. The minimum Gasteiger partial charge on any atom is -0.469 e. The summed E-state index contributed by atoms with van der Waals surface area (Å²) in [6.07, 6.45) is 4.78. The Bertz CT molecular complexity index is 819. The number of aromatic nitrogens is 2. The van der Waals surface area contributed by atoms with E-state index in [9.17, 15) is 20.1 Å². The van der Waals surface area contributed by atoms with Gasteiger partial charge in [-0.2, -0.15) is 0 Å². The van der Waals surface area contributed by atoms with E-state index in [1.54, 1.807) is 6.08 Å². The first-order chi connectivity index (χ1) is 15.0. The Labute approximate surface area is 183 Å². The number of esters is 1. The lowest BCUT2D eigenvalue weighted by molar-refractivity contribution is -0.140. The van der Waals surface area contributed by atoms with Crippen LogP contribution >= 0.6 is 0 Å². The Kier molecular flexibility index (Phi) is 10.4. The Morgan fingerprint density at radius 1 is 1.13 bits per heavy atom. The third-order valence-corrected chi connectivity index (χ3v) is 5.17. The minimum absolute atomic E-state index is 0.194. The predicted octanol–water partition coefficient (Wildman–Crippen LogP) is 3.77. The number of carbonyl (C=O) groups excluding carboxylic acids is 1. The van der Waals surface area contributed by atoms with Crippen molar-refractivity contribution in [2.45, 2.75) is 70.2 Å². The third kappa shape index (κ3) is 7.94. The summed E-state index contributed by atoms with van der Waals surface area (Å²) in [7, 11) is 1.32. The van der Waals surface area contributed by atoms with E-state index in [-0.39, 0.29) is 18.8 Å². The summed E-state index contributed by atoms with van der Waals surface area (Å²) in [6.45, 7) is 2.11. The predicted molar refractivity (Wildman–Crippen MR) is 120 cm³/mol. The number of hydrogen-bond donors (Lipinski definition) is 4. The fourth-order valence-corrected chi connectivity index (χ4v) is 3.29. The lowest BCUT2D eigenvalue weighted by Gasteiger charge is -2.14. The molecule has 0 saturated heterocycles. The van der Waals surface area contributed by atoms with Gasteiger partial charge in [-0.15, -0.1) is 0 Å². The highest BCUT2D eigenvalue weighted by atomic mass is 16.5. The second kappa shape index (κ2) is 13.0. The van der Waals surface area contributed by atoms with Crippen molar-refractivity contribution in [2.75, 3.05) is 7.11 Å². The maximum absolute atomic E-state index is 11.2. The zero-order valence-electron chi connectivity index (χ0n) is 18.3. The monoisotopic (exact) mass is 430 g/mol. The van der Waals surface area contributed by atoms with Crippen molar-refractivity contribution in [3.05, 3.63) is 47.8 Å². The van der Waals surface area contributed by atoms with Gasteiger partial charge in [0.2, 0.25) is 0 Å². The number of aromatic amines is 1. The second-order valence-corrected chi connectivity index (χ2v) is 7.65. The Morgan fingerprint density at radius 2 is 1.87 bits per heavy atom. The van der Waals surface area contributed by atoms with Gasteiger partial charge < -0.3 is 25.0 Å². The zero-order valence-corrected chi connectivity index (χ0v) is 18.3. The summed E-state index contributed by atoms with van der Waals surface area (Å²) in [5.41, 5.74) is 2.02. The van der Waals surface area contributed by atoms with Crippen molar-refractivity contribution in [1.82, 2.24) is 9.97 Å². The van der Waals surface area contributed by atoms with Crippen LogP contribution in [0.15, 0.2) is 36.4 Å². The molecular formula is C24H34N2O5. The molecule has 31 heavy (non-hydrogen) atoms. The number of carbonyl (C=O) groups is 1. The summed E-state index contributed by atoms with van der Waals surface area (Å²) in [5.74, 6) is 0.294. The fraction of sp³-hybridized carbons (Fsp3) is 0.500. The van der Waals surface area contributed by atoms with Gasteiger partial charge in [0.15, 0.2) is 0 Å². The molecule has 0 unspecified atom stereocenters. The standard InChI is InChI=1S/C24H34N2O5/c1-3-4-6-12-21(29)23-18(25-24(26-23)17-10-7-5-8-11-17)15-16-20(28)19(27)13-9-14-22(30)31-2/h5,7-8,10-11,15-16,19-21,27-29H,3-4,6,9,12-14H2,1-2H3,(H,25,26)/b16-15+/t19-,20+,21+/m0/s1. The maximum atomic E-state index is 11.2. The molecule has 1 aromatic heterocycles. The van der Waals surface area contributed by atoms with Crippen LogP contribution in [0.1, 0.15) is 69.4 Å². The lowest BCUT2D eigenvalue weighted by Crippen LogP contribution is -2.23. The number of methoxy groups -OCH3 is 1. The van der Waals surface area contributed by atoms with Crippen LogP contribution in [-0.4, -0.2) is 50.6 Å². The summed E-state index contributed by atoms with van der Waals surface area (Å²) in [4.78, 5) is 19.0. The van der Waals surface area contributed by atoms with E-state index in [1.165, 1.54) is 13.2 Å². The van der Waals surface area contributed by atoms with Gasteiger partial charge in [-0.25, -0.2) is 4.98 Å². The largest absolute Gasteiger partial charge is 0.469 e. The van der Waals surface area contributed by atoms with Crippen molar-refractivity contribution in [2.24, 2.45) is 0 Å². The second-order valence-electron chi connectivity index (χ2n) is 7.65. The molecule has 0 spiro atoms. The van der Waals surface area contributed by atoms with Crippen molar-refractivity contribution in [3.8, 4) is 11.4 Å². The number of rotatable bonds is 13.